The SMILES string of the molecule is c1cc2nc(C3CCCN3)[nH]c2cc1-c1ccc(-c2ccc3nc(C4CCCN4)[nH]c3c2)c2c1CC1(CCCCC1)C2. The van der Waals surface area contributed by atoms with Gasteiger partial charge in [-0.25, -0.2) is 9.97 Å². The predicted molar refractivity (Wildman–Crippen MR) is 169 cm³/mol. The first-order valence-electron chi connectivity index (χ1n) is 16.3. The molecule has 2 aliphatic heterocycles. The van der Waals surface area contributed by atoms with E-state index >= 15 is 0 Å². The maximum absolute atomic E-state index is 4.95. The number of fused-ring (bicyclic) bond motifs is 3. The van der Waals surface area contributed by atoms with Crippen molar-refractivity contribution >= 4 is 22.1 Å². The maximum Gasteiger partial charge on any atom is 0.124 e. The van der Waals surface area contributed by atoms with Crippen molar-refractivity contribution in [2.45, 2.75) is 82.7 Å². The van der Waals surface area contributed by atoms with Crippen LogP contribution >= 0.6 is 0 Å². The van der Waals surface area contributed by atoms with Crippen molar-refractivity contribution in [1.82, 2.24) is 30.6 Å². The van der Waals surface area contributed by atoms with Crippen molar-refractivity contribution in [2.24, 2.45) is 5.41 Å². The molecule has 4 heterocycles. The van der Waals surface area contributed by atoms with Gasteiger partial charge in [-0.2, -0.15) is 0 Å². The Morgan fingerprint density at radius 2 is 1.12 bits per heavy atom. The predicted octanol–water partition coefficient (Wildman–Crippen LogP) is 7.67. The molecule has 3 fully saturated rings. The summed E-state index contributed by atoms with van der Waals surface area (Å²) in [5.74, 6) is 2.17. The first-order valence-corrected chi connectivity index (χ1v) is 16.3. The number of hydrogen-bond donors (Lipinski definition) is 4. The van der Waals surface area contributed by atoms with Crippen LogP contribution in [-0.2, 0) is 12.8 Å². The largest absolute Gasteiger partial charge is 0.341 e. The summed E-state index contributed by atoms with van der Waals surface area (Å²) in [4.78, 5) is 17.2. The summed E-state index contributed by atoms with van der Waals surface area (Å²) >= 11 is 0. The van der Waals surface area contributed by atoms with Crippen LogP contribution in [0.3, 0.4) is 0 Å². The van der Waals surface area contributed by atoms with E-state index in [9.17, 15) is 0 Å². The fourth-order valence-corrected chi connectivity index (χ4v) is 8.67. The summed E-state index contributed by atoms with van der Waals surface area (Å²) in [5.41, 5.74) is 13.4. The molecule has 42 heavy (non-hydrogen) atoms. The molecule has 2 atom stereocenters. The van der Waals surface area contributed by atoms with Crippen LogP contribution in [0.1, 0.15) is 92.6 Å². The Morgan fingerprint density at radius 1 is 0.595 bits per heavy atom. The van der Waals surface area contributed by atoms with Gasteiger partial charge in [0.15, 0.2) is 0 Å². The molecule has 3 aromatic carbocycles. The van der Waals surface area contributed by atoms with Crippen LogP contribution in [0, 0.1) is 5.41 Å². The molecule has 1 saturated carbocycles. The lowest BCUT2D eigenvalue weighted by Crippen LogP contribution is -2.24. The summed E-state index contributed by atoms with van der Waals surface area (Å²) in [5, 5.41) is 7.18. The second-order valence-electron chi connectivity index (χ2n) is 13.5. The number of imidazole rings is 2. The highest BCUT2D eigenvalue weighted by Crippen LogP contribution is 2.52. The van der Waals surface area contributed by atoms with E-state index in [1.807, 2.05) is 0 Å². The monoisotopic (exact) mass is 556 g/mol. The van der Waals surface area contributed by atoms with Gasteiger partial charge in [0, 0.05) is 0 Å². The smallest absolute Gasteiger partial charge is 0.124 e. The molecule has 4 aliphatic rings. The zero-order valence-electron chi connectivity index (χ0n) is 24.4. The summed E-state index contributed by atoms with van der Waals surface area (Å²) in [7, 11) is 0. The zero-order valence-corrected chi connectivity index (χ0v) is 24.4. The third-order valence-electron chi connectivity index (χ3n) is 10.9. The fraction of sp³-hybridized carbons (Fsp3) is 0.444. The first-order chi connectivity index (χ1) is 20.7. The van der Waals surface area contributed by atoms with Gasteiger partial charge in [0.2, 0.25) is 0 Å². The maximum atomic E-state index is 4.95. The molecule has 6 heteroatoms. The van der Waals surface area contributed by atoms with E-state index < -0.39 is 0 Å². The zero-order chi connectivity index (χ0) is 27.7. The number of aromatic nitrogens is 4. The molecule has 214 valence electrons. The molecule has 0 radical (unpaired) electrons. The van der Waals surface area contributed by atoms with Crippen LogP contribution in [0.2, 0.25) is 0 Å². The molecule has 0 amide bonds. The van der Waals surface area contributed by atoms with Gasteiger partial charge < -0.3 is 20.6 Å². The lowest BCUT2D eigenvalue weighted by molar-refractivity contribution is 0.203. The molecule has 2 aromatic heterocycles. The highest BCUT2D eigenvalue weighted by Gasteiger charge is 2.40. The fourth-order valence-electron chi connectivity index (χ4n) is 8.67. The van der Waals surface area contributed by atoms with E-state index in [-0.39, 0.29) is 0 Å². The summed E-state index contributed by atoms with van der Waals surface area (Å²) < 4.78 is 0. The highest BCUT2D eigenvalue weighted by atomic mass is 15.0. The minimum Gasteiger partial charge on any atom is -0.341 e. The molecular formula is C36H40N6. The number of aromatic amines is 2. The average Bonchev–Trinajstić information content (AvgIpc) is 3.85. The Hall–Kier alpha value is -3.48. The molecule has 0 bridgehead atoms. The Balaban J connectivity index is 1.13. The van der Waals surface area contributed by atoms with Gasteiger partial charge in [0.05, 0.1) is 34.2 Å². The van der Waals surface area contributed by atoms with Crippen molar-refractivity contribution in [1.29, 1.82) is 0 Å². The summed E-state index contributed by atoms with van der Waals surface area (Å²) in [6.45, 7) is 2.17. The van der Waals surface area contributed by atoms with Crippen molar-refractivity contribution < 1.29 is 0 Å². The van der Waals surface area contributed by atoms with Crippen molar-refractivity contribution in [3.63, 3.8) is 0 Å². The first kappa shape index (κ1) is 25.1. The minimum absolute atomic E-state index is 0.355. The molecule has 6 nitrogen and oxygen atoms in total. The van der Waals surface area contributed by atoms with Crippen molar-refractivity contribution in [3.8, 4) is 22.3 Å². The van der Waals surface area contributed by atoms with Gasteiger partial charge in [-0.05, 0) is 128 Å². The van der Waals surface area contributed by atoms with E-state index in [0.29, 0.717) is 17.5 Å². The number of nitrogens with zero attached hydrogens (tertiary/aromatic N) is 2. The van der Waals surface area contributed by atoms with Gasteiger partial charge in [-0.15, -0.1) is 0 Å². The Kier molecular flexibility index (Phi) is 5.84. The summed E-state index contributed by atoms with van der Waals surface area (Å²) in [6.07, 6.45) is 14.0. The minimum atomic E-state index is 0.355. The number of H-pyrrole nitrogens is 2. The van der Waals surface area contributed by atoms with Crippen LogP contribution in [-0.4, -0.2) is 33.0 Å². The van der Waals surface area contributed by atoms with Crippen LogP contribution in [0.5, 0.6) is 0 Å². The lowest BCUT2D eigenvalue weighted by atomic mass is 9.72. The van der Waals surface area contributed by atoms with Crippen LogP contribution in [0.4, 0.5) is 0 Å². The topological polar surface area (TPSA) is 81.4 Å². The molecule has 2 unspecified atom stereocenters. The molecule has 5 aromatic rings. The lowest BCUT2D eigenvalue weighted by Gasteiger charge is -2.33. The third-order valence-corrected chi connectivity index (χ3v) is 10.9. The molecule has 4 N–H and O–H groups in total. The van der Waals surface area contributed by atoms with Gasteiger partial charge in [0.1, 0.15) is 11.6 Å². The van der Waals surface area contributed by atoms with E-state index in [1.165, 1.54) is 80.0 Å². The number of nitrogens with one attached hydrogen (secondary N) is 4. The van der Waals surface area contributed by atoms with Crippen molar-refractivity contribution in [3.05, 3.63) is 71.3 Å². The van der Waals surface area contributed by atoms with E-state index in [0.717, 1.165) is 59.6 Å². The van der Waals surface area contributed by atoms with E-state index in [2.05, 4.69) is 69.1 Å². The Labute approximate surface area is 247 Å². The summed E-state index contributed by atoms with van der Waals surface area (Å²) in [6, 6.07) is 19.2. The Morgan fingerprint density at radius 3 is 1.60 bits per heavy atom. The number of hydrogen-bond acceptors (Lipinski definition) is 4. The quantitative estimate of drug-likeness (QED) is 0.183. The van der Waals surface area contributed by atoms with Crippen LogP contribution in [0.15, 0.2) is 48.5 Å². The molecule has 2 aliphatic carbocycles. The normalized spacial score (nSPS) is 23.4. The number of benzene rings is 3. The third kappa shape index (κ3) is 4.14. The van der Waals surface area contributed by atoms with Gasteiger partial charge in [-0.1, -0.05) is 43.5 Å². The molecule has 9 rings (SSSR count). The van der Waals surface area contributed by atoms with Crippen LogP contribution in [0.25, 0.3) is 44.3 Å². The second kappa shape index (κ2) is 9.78. The molecular weight excluding hydrogens is 516 g/mol. The average molecular weight is 557 g/mol. The highest BCUT2D eigenvalue weighted by molar-refractivity contribution is 5.87. The van der Waals surface area contributed by atoms with Gasteiger partial charge in [-0.3, -0.25) is 0 Å². The van der Waals surface area contributed by atoms with E-state index in [4.69, 9.17) is 9.97 Å². The second-order valence-corrected chi connectivity index (χ2v) is 13.5. The van der Waals surface area contributed by atoms with Gasteiger partial charge in [0.25, 0.3) is 0 Å². The van der Waals surface area contributed by atoms with Crippen LogP contribution < -0.4 is 10.6 Å². The standard InChI is InChI=1S/C36H40N6/c1-2-14-36(15-3-1)20-26-24(22-8-12-28-32(18-22)41-34(39-28)30-6-4-16-37-30)10-11-25(27(26)21-36)23-9-13-29-33(19-23)42-35(40-29)31-7-5-17-38-31/h8-13,18-19,30-31,37-38H,1-7,14-17,20-21H2,(H,39,41)(H,40,42). The number of rotatable bonds is 4. The molecule has 2 saturated heterocycles. The van der Waals surface area contributed by atoms with Gasteiger partial charge >= 0.3 is 0 Å². The Bertz CT molecular complexity index is 1670. The van der Waals surface area contributed by atoms with Crippen molar-refractivity contribution in [2.75, 3.05) is 13.1 Å². The molecule has 1 spiro atoms. The van der Waals surface area contributed by atoms with E-state index in [1.54, 1.807) is 11.1 Å².